The summed E-state index contributed by atoms with van der Waals surface area (Å²) in [5.74, 6) is 0. The molecule has 2 aliphatic carbocycles. The second-order valence-electron chi connectivity index (χ2n) is 16.5. The number of aromatic nitrogens is 1. The van der Waals surface area contributed by atoms with Crippen LogP contribution in [0, 0.1) is 0 Å². The molecule has 1 aromatic heterocycles. The molecule has 2 nitrogen and oxygen atoms in total. The SMILES string of the molecule is CC1(C)c2ccccc2-c2cc(N(c3ccc(-c4cccc5c6ccccc6n(-c6ccccc6)c45)cc3)c3cccc4c3C(C)(C)c3ccccc3-4)ccc21. The summed E-state index contributed by atoms with van der Waals surface area (Å²) in [5.41, 5.74) is 20.1. The third-order valence-corrected chi connectivity index (χ3v) is 12.8. The van der Waals surface area contributed by atoms with Gasteiger partial charge in [0.25, 0.3) is 0 Å². The maximum absolute atomic E-state index is 2.51. The van der Waals surface area contributed by atoms with Gasteiger partial charge in [-0.15, -0.1) is 0 Å². The third kappa shape index (κ3) is 4.56. The van der Waals surface area contributed by atoms with E-state index < -0.39 is 0 Å². The Morgan fingerprint density at radius 2 is 0.982 bits per heavy atom. The van der Waals surface area contributed by atoms with Crippen LogP contribution >= 0.6 is 0 Å². The standard InChI is InChI=1S/C54H42N2/c1-53(2)46-24-11-9-19-41(46)45-34-38(32-33-48(45)53)55(50-27-15-22-43-40-18-8-12-25-47(40)54(3,4)51(43)50)37-30-28-35(29-31-37)39-21-14-23-44-42-20-10-13-26-49(42)56(52(39)44)36-16-6-5-7-17-36/h5-34H,1-4H3. The Morgan fingerprint density at radius 3 is 1.77 bits per heavy atom. The number of fused-ring (bicyclic) bond motifs is 9. The summed E-state index contributed by atoms with van der Waals surface area (Å²) in [6.45, 7) is 9.48. The van der Waals surface area contributed by atoms with Gasteiger partial charge in [-0.05, 0) is 98.6 Å². The van der Waals surface area contributed by atoms with Crippen LogP contribution in [0.1, 0.15) is 49.9 Å². The lowest BCUT2D eigenvalue weighted by Gasteiger charge is -2.32. The minimum Gasteiger partial charge on any atom is -0.310 e. The number of nitrogens with zero attached hydrogens (tertiary/aromatic N) is 2. The first-order valence-corrected chi connectivity index (χ1v) is 19.8. The Labute approximate surface area is 328 Å². The molecule has 1 heterocycles. The Balaban J connectivity index is 1.12. The van der Waals surface area contributed by atoms with Gasteiger partial charge in [0.1, 0.15) is 0 Å². The summed E-state index contributed by atoms with van der Waals surface area (Å²) >= 11 is 0. The lowest BCUT2D eigenvalue weighted by Crippen LogP contribution is -2.21. The molecule has 0 amide bonds. The van der Waals surface area contributed by atoms with E-state index in [9.17, 15) is 0 Å². The second kappa shape index (κ2) is 11.9. The van der Waals surface area contributed by atoms with Gasteiger partial charge in [0, 0.05) is 44.2 Å². The highest BCUT2D eigenvalue weighted by molar-refractivity contribution is 6.13. The molecule has 0 saturated carbocycles. The van der Waals surface area contributed by atoms with E-state index in [0.717, 1.165) is 17.1 Å². The predicted molar refractivity (Wildman–Crippen MR) is 236 cm³/mol. The topological polar surface area (TPSA) is 8.17 Å². The van der Waals surface area contributed by atoms with Crippen LogP contribution in [-0.4, -0.2) is 4.57 Å². The van der Waals surface area contributed by atoms with Gasteiger partial charge in [-0.1, -0.05) is 161 Å². The molecule has 0 spiro atoms. The number of rotatable bonds is 5. The zero-order valence-electron chi connectivity index (χ0n) is 32.2. The largest absolute Gasteiger partial charge is 0.310 e. The van der Waals surface area contributed by atoms with Crippen molar-refractivity contribution in [3.05, 3.63) is 204 Å². The van der Waals surface area contributed by atoms with E-state index in [0.29, 0.717) is 0 Å². The molecule has 2 heteroatoms. The molecular weight excluding hydrogens is 677 g/mol. The van der Waals surface area contributed by atoms with Gasteiger partial charge in [0.05, 0.1) is 16.7 Å². The van der Waals surface area contributed by atoms with Crippen LogP contribution in [0.3, 0.4) is 0 Å². The van der Waals surface area contributed by atoms with Crippen molar-refractivity contribution >= 4 is 38.9 Å². The van der Waals surface area contributed by atoms with E-state index in [4.69, 9.17) is 0 Å². The van der Waals surface area contributed by atoms with Crippen molar-refractivity contribution in [2.24, 2.45) is 0 Å². The van der Waals surface area contributed by atoms with Gasteiger partial charge in [-0.2, -0.15) is 0 Å². The van der Waals surface area contributed by atoms with Crippen LogP contribution in [0.15, 0.2) is 182 Å². The van der Waals surface area contributed by atoms with Gasteiger partial charge >= 0.3 is 0 Å². The van der Waals surface area contributed by atoms with Gasteiger partial charge in [0.2, 0.25) is 0 Å². The Hall–Kier alpha value is -6.64. The number of hydrogen-bond donors (Lipinski definition) is 0. The number of hydrogen-bond acceptors (Lipinski definition) is 1. The highest BCUT2D eigenvalue weighted by atomic mass is 15.1. The molecule has 0 saturated heterocycles. The summed E-state index contributed by atoms with van der Waals surface area (Å²) in [7, 11) is 0. The predicted octanol–water partition coefficient (Wildman–Crippen LogP) is 14.5. The van der Waals surface area contributed by atoms with Gasteiger partial charge < -0.3 is 9.47 Å². The molecule has 0 fully saturated rings. The normalized spacial score (nSPS) is 14.4. The highest BCUT2D eigenvalue weighted by Crippen LogP contribution is 2.56. The van der Waals surface area contributed by atoms with Crippen LogP contribution in [0.2, 0.25) is 0 Å². The molecule has 268 valence electrons. The first-order valence-electron chi connectivity index (χ1n) is 19.8. The lowest BCUT2D eigenvalue weighted by molar-refractivity contribution is 0.660. The molecule has 0 N–H and O–H groups in total. The molecule has 56 heavy (non-hydrogen) atoms. The lowest BCUT2D eigenvalue weighted by atomic mass is 9.81. The number of benzene rings is 8. The average Bonchev–Trinajstić information content (AvgIpc) is 3.79. The number of para-hydroxylation sites is 3. The maximum atomic E-state index is 2.51. The highest BCUT2D eigenvalue weighted by Gasteiger charge is 2.40. The maximum Gasteiger partial charge on any atom is 0.0619 e. The van der Waals surface area contributed by atoms with Gasteiger partial charge in [0.15, 0.2) is 0 Å². The second-order valence-corrected chi connectivity index (χ2v) is 16.5. The van der Waals surface area contributed by atoms with Crippen molar-refractivity contribution in [2.75, 3.05) is 4.90 Å². The van der Waals surface area contributed by atoms with Crippen molar-refractivity contribution in [3.63, 3.8) is 0 Å². The first-order chi connectivity index (χ1) is 27.3. The van der Waals surface area contributed by atoms with E-state index in [1.807, 2.05) is 0 Å². The molecule has 0 aliphatic heterocycles. The molecule has 0 unspecified atom stereocenters. The fraction of sp³-hybridized carbons (Fsp3) is 0.111. The summed E-state index contributed by atoms with van der Waals surface area (Å²) in [6.07, 6.45) is 0. The number of anilines is 3. The first kappa shape index (κ1) is 32.8. The van der Waals surface area contributed by atoms with E-state index in [1.165, 1.54) is 83.1 Å². The van der Waals surface area contributed by atoms with Crippen LogP contribution in [0.4, 0.5) is 17.1 Å². The summed E-state index contributed by atoms with van der Waals surface area (Å²) in [5, 5.41) is 2.52. The van der Waals surface area contributed by atoms with Crippen LogP contribution in [0.5, 0.6) is 0 Å². The van der Waals surface area contributed by atoms with Crippen molar-refractivity contribution in [1.29, 1.82) is 0 Å². The van der Waals surface area contributed by atoms with Gasteiger partial charge in [-0.25, -0.2) is 0 Å². The van der Waals surface area contributed by atoms with E-state index in [-0.39, 0.29) is 10.8 Å². The monoisotopic (exact) mass is 718 g/mol. The Kier molecular flexibility index (Phi) is 6.98. The van der Waals surface area contributed by atoms with Crippen molar-refractivity contribution < 1.29 is 0 Å². The molecule has 9 aromatic rings. The van der Waals surface area contributed by atoms with Crippen LogP contribution < -0.4 is 4.90 Å². The zero-order valence-corrected chi connectivity index (χ0v) is 32.2. The zero-order chi connectivity index (χ0) is 37.8. The van der Waals surface area contributed by atoms with Crippen molar-refractivity contribution in [2.45, 2.75) is 38.5 Å². The molecule has 0 bridgehead atoms. The Bertz CT molecular complexity index is 3020. The fourth-order valence-corrected chi connectivity index (χ4v) is 10.2. The molecule has 2 aliphatic rings. The van der Waals surface area contributed by atoms with E-state index in [1.54, 1.807) is 0 Å². The average molecular weight is 719 g/mol. The summed E-state index contributed by atoms with van der Waals surface area (Å²) in [6, 6.07) is 67.5. The Morgan fingerprint density at radius 1 is 0.411 bits per heavy atom. The molecule has 0 atom stereocenters. The summed E-state index contributed by atoms with van der Waals surface area (Å²) < 4.78 is 2.43. The minimum absolute atomic E-state index is 0.0577. The smallest absolute Gasteiger partial charge is 0.0619 e. The van der Waals surface area contributed by atoms with Crippen molar-refractivity contribution in [3.8, 4) is 39.1 Å². The quantitative estimate of drug-likeness (QED) is 0.172. The minimum atomic E-state index is -0.174. The third-order valence-electron chi connectivity index (χ3n) is 12.8. The molecular formula is C54H42N2. The van der Waals surface area contributed by atoms with E-state index >= 15 is 0 Å². The van der Waals surface area contributed by atoms with Crippen LogP contribution in [0.25, 0.3) is 60.9 Å². The van der Waals surface area contributed by atoms with Crippen molar-refractivity contribution in [1.82, 2.24) is 4.57 Å². The van der Waals surface area contributed by atoms with Gasteiger partial charge in [-0.3, -0.25) is 0 Å². The molecule has 11 rings (SSSR count). The molecule has 0 radical (unpaired) electrons. The fourth-order valence-electron chi connectivity index (χ4n) is 10.2. The van der Waals surface area contributed by atoms with Crippen LogP contribution in [-0.2, 0) is 10.8 Å². The summed E-state index contributed by atoms with van der Waals surface area (Å²) in [4.78, 5) is 2.51. The molecule has 8 aromatic carbocycles. The van der Waals surface area contributed by atoms with E-state index in [2.05, 4.69) is 219 Å².